The van der Waals surface area contributed by atoms with E-state index in [1.807, 2.05) is 0 Å². The van der Waals surface area contributed by atoms with Crippen LogP contribution < -0.4 is 0 Å². The molecule has 0 amide bonds. The van der Waals surface area contributed by atoms with Crippen molar-refractivity contribution in [3.05, 3.63) is 0 Å². The molecule has 1 aliphatic carbocycles. The number of unbranched alkanes of at least 4 members (excludes halogenated alkanes) is 6. The van der Waals surface area contributed by atoms with E-state index in [0.29, 0.717) is 0 Å². The van der Waals surface area contributed by atoms with Gasteiger partial charge in [0.1, 0.15) is 5.67 Å². The van der Waals surface area contributed by atoms with Crippen LogP contribution in [0.1, 0.15) is 97.8 Å². The zero-order chi connectivity index (χ0) is 13.5. The van der Waals surface area contributed by atoms with Crippen molar-refractivity contribution in [1.29, 1.82) is 0 Å². The molecule has 1 saturated carbocycles. The average Bonchev–Trinajstić information content (AvgIpc) is 3.10. The summed E-state index contributed by atoms with van der Waals surface area (Å²) in [5, 5.41) is 0. The number of halogens is 1. The van der Waals surface area contributed by atoms with Crippen LogP contribution in [0.25, 0.3) is 0 Å². The normalized spacial score (nSPS) is 18.0. The Bertz CT molecular complexity index is 206. The van der Waals surface area contributed by atoms with Crippen LogP contribution in [-0.4, -0.2) is 5.67 Å². The van der Waals surface area contributed by atoms with Crippen molar-refractivity contribution in [1.82, 2.24) is 0 Å². The van der Waals surface area contributed by atoms with Crippen molar-refractivity contribution in [2.24, 2.45) is 5.41 Å². The van der Waals surface area contributed by atoms with Gasteiger partial charge in [-0.3, -0.25) is 0 Å². The Labute approximate surface area is 114 Å². The van der Waals surface area contributed by atoms with Gasteiger partial charge in [0.2, 0.25) is 0 Å². The third-order valence-electron chi connectivity index (χ3n) is 4.93. The Morgan fingerprint density at radius 1 is 0.833 bits per heavy atom. The highest BCUT2D eigenvalue weighted by atomic mass is 19.1. The molecule has 1 aliphatic rings. The van der Waals surface area contributed by atoms with Gasteiger partial charge in [-0.15, -0.1) is 0 Å². The summed E-state index contributed by atoms with van der Waals surface area (Å²) in [6, 6.07) is 0. The monoisotopic (exact) mass is 256 g/mol. The molecule has 0 radical (unpaired) electrons. The highest BCUT2D eigenvalue weighted by molar-refractivity contribution is 5.06. The highest BCUT2D eigenvalue weighted by Crippen LogP contribution is 2.58. The van der Waals surface area contributed by atoms with E-state index in [1.165, 1.54) is 51.4 Å². The van der Waals surface area contributed by atoms with Gasteiger partial charge in [-0.2, -0.15) is 0 Å². The summed E-state index contributed by atoms with van der Waals surface area (Å²) in [6.45, 7) is 6.70. The van der Waals surface area contributed by atoms with Gasteiger partial charge in [0.05, 0.1) is 0 Å². The quantitative estimate of drug-likeness (QED) is 0.373. The SMILES string of the molecule is CCCCCCC(C)(CCCCCC)C1(F)CC1. The predicted molar refractivity (Wildman–Crippen MR) is 78.7 cm³/mol. The minimum Gasteiger partial charge on any atom is -0.243 e. The van der Waals surface area contributed by atoms with Crippen molar-refractivity contribution in [2.45, 2.75) is 103 Å². The Kier molecular flexibility index (Phi) is 6.66. The molecule has 0 aromatic heterocycles. The van der Waals surface area contributed by atoms with Crippen molar-refractivity contribution in [3.63, 3.8) is 0 Å². The molecule has 1 rings (SSSR count). The van der Waals surface area contributed by atoms with Gasteiger partial charge < -0.3 is 0 Å². The lowest BCUT2D eigenvalue weighted by atomic mass is 9.74. The van der Waals surface area contributed by atoms with E-state index < -0.39 is 5.67 Å². The second kappa shape index (κ2) is 7.50. The fourth-order valence-corrected chi connectivity index (χ4v) is 3.17. The summed E-state index contributed by atoms with van der Waals surface area (Å²) >= 11 is 0. The average molecular weight is 256 g/mol. The van der Waals surface area contributed by atoms with Crippen LogP contribution in [0.5, 0.6) is 0 Å². The zero-order valence-corrected chi connectivity index (χ0v) is 12.9. The van der Waals surface area contributed by atoms with Gasteiger partial charge in [-0.1, -0.05) is 72.1 Å². The molecule has 0 aromatic carbocycles. The van der Waals surface area contributed by atoms with E-state index >= 15 is 0 Å². The minimum absolute atomic E-state index is 0.0194. The van der Waals surface area contributed by atoms with Gasteiger partial charge in [-0.05, 0) is 25.7 Å². The lowest BCUT2D eigenvalue weighted by molar-refractivity contribution is 0.0734. The van der Waals surface area contributed by atoms with Crippen LogP contribution in [0.2, 0.25) is 0 Å². The molecule has 108 valence electrons. The summed E-state index contributed by atoms with van der Waals surface area (Å²) in [5.74, 6) is 0. The molecule has 0 bridgehead atoms. The lowest BCUT2D eigenvalue weighted by Crippen LogP contribution is -2.31. The number of rotatable bonds is 11. The molecule has 0 saturated heterocycles. The van der Waals surface area contributed by atoms with E-state index in [1.54, 1.807) is 0 Å². The van der Waals surface area contributed by atoms with Gasteiger partial charge >= 0.3 is 0 Å². The number of hydrogen-bond acceptors (Lipinski definition) is 0. The van der Waals surface area contributed by atoms with Gasteiger partial charge in [-0.25, -0.2) is 4.39 Å². The largest absolute Gasteiger partial charge is 0.243 e. The molecule has 18 heavy (non-hydrogen) atoms. The number of hydrogen-bond donors (Lipinski definition) is 0. The predicted octanol–water partition coefficient (Wildman–Crippen LogP) is 6.44. The van der Waals surface area contributed by atoms with Gasteiger partial charge in [0.15, 0.2) is 0 Å². The maximum atomic E-state index is 14.6. The van der Waals surface area contributed by atoms with E-state index in [4.69, 9.17) is 0 Å². The topological polar surface area (TPSA) is 0 Å². The van der Waals surface area contributed by atoms with Crippen LogP contribution in [-0.2, 0) is 0 Å². The van der Waals surface area contributed by atoms with Crippen LogP contribution in [0.4, 0.5) is 4.39 Å². The molecule has 0 nitrogen and oxygen atoms in total. The molecule has 0 atom stereocenters. The molecular formula is C17H33F. The summed E-state index contributed by atoms with van der Waals surface area (Å²) < 4.78 is 14.6. The Morgan fingerprint density at radius 3 is 1.61 bits per heavy atom. The van der Waals surface area contributed by atoms with Crippen LogP contribution in [0, 0.1) is 5.41 Å². The summed E-state index contributed by atoms with van der Waals surface area (Å²) in [7, 11) is 0. The summed E-state index contributed by atoms with van der Waals surface area (Å²) in [6.07, 6.45) is 14.1. The van der Waals surface area contributed by atoms with E-state index in [2.05, 4.69) is 20.8 Å². The highest BCUT2D eigenvalue weighted by Gasteiger charge is 2.56. The first kappa shape index (κ1) is 16.0. The first-order valence-corrected chi connectivity index (χ1v) is 8.27. The first-order chi connectivity index (χ1) is 8.58. The smallest absolute Gasteiger partial charge is 0.116 e. The maximum absolute atomic E-state index is 14.6. The van der Waals surface area contributed by atoms with Gasteiger partial charge in [0.25, 0.3) is 0 Å². The molecule has 1 heteroatoms. The van der Waals surface area contributed by atoms with Crippen molar-refractivity contribution in [3.8, 4) is 0 Å². The zero-order valence-electron chi connectivity index (χ0n) is 12.9. The van der Waals surface area contributed by atoms with Gasteiger partial charge in [0, 0.05) is 5.41 Å². The molecule has 1 fully saturated rings. The molecule has 0 N–H and O–H groups in total. The Balaban J connectivity index is 2.33. The Hall–Kier alpha value is -0.0700. The lowest BCUT2D eigenvalue weighted by Gasteiger charge is -2.34. The first-order valence-electron chi connectivity index (χ1n) is 8.27. The molecule has 0 aromatic rings. The maximum Gasteiger partial charge on any atom is 0.116 e. The Morgan fingerprint density at radius 2 is 1.28 bits per heavy atom. The van der Waals surface area contributed by atoms with E-state index in [9.17, 15) is 4.39 Å². The van der Waals surface area contributed by atoms with Crippen LogP contribution in [0.3, 0.4) is 0 Å². The fraction of sp³-hybridized carbons (Fsp3) is 1.00. The van der Waals surface area contributed by atoms with Crippen molar-refractivity contribution < 1.29 is 4.39 Å². The van der Waals surface area contributed by atoms with Crippen LogP contribution >= 0.6 is 0 Å². The second-order valence-corrected chi connectivity index (χ2v) is 6.65. The third kappa shape index (κ3) is 4.55. The molecule has 0 spiro atoms. The van der Waals surface area contributed by atoms with E-state index in [-0.39, 0.29) is 5.41 Å². The molecular weight excluding hydrogens is 223 g/mol. The minimum atomic E-state index is -0.800. The molecule has 0 unspecified atom stereocenters. The standard InChI is InChI=1S/C17H33F/c1-4-6-8-10-12-16(3,17(18)14-15-17)13-11-9-7-5-2/h4-15H2,1-3H3. The van der Waals surface area contributed by atoms with Crippen LogP contribution in [0.15, 0.2) is 0 Å². The van der Waals surface area contributed by atoms with Crippen molar-refractivity contribution in [2.75, 3.05) is 0 Å². The third-order valence-corrected chi connectivity index (χ3v) is 4.93. The summed E-state index contributed by atoms with van der Waals surface area (Å²) in [5.41, 5.74) is -0.820. The molecule has 0 aliphatic heterocycles. The number of alkyl halides is 1. The fourth-order valence-electron chi connectivity index (χ4n) is 3.17. The molecule has 0 heterocycles. The second-order valence-electron chi connectivity index (χ2n) is 6.65. The summed E-state index contributed by atoms with van der Waals surface area (Å²) in [4.78, 5) is 0. The van der Waals surface area contributed by atoms with E-state index in [0.717, 1.165) is 25.7 Å². The van der Waals surface area contributed by atoms with Crippen molar-refractivity contribution >= 4 is 0 Å².